The quantitative estimate of drug-likeness (QED) is 0.873. The van der Waals surface area contributed by atoms with Crippen LogP contribution in [0.15, 0.2) is 12.1 Å². The van der Waals surface area contributed by atoms with Crippen molar-refractivity contribution in [1.82, 2.24) is 9.88 Å². The van der Waals surface area contributed by atoms with Crippen molar-refractivity contribution in [3.8, 4) is 12.3 Å². The third-order valence-electron chi connectivity index (χ3n) is 2.88. The van der Waals surface area contributed by atoms with Crippen molar-refractivity contribution in [3.05, 3.63) is 22.7 Å². The van der Waals surface area contributed by atoms with E-state index in [1.165, 1.54) is 11.3 Å². The van der Waals surface area contributed by atoms with E-state index in [2.05, 4.69) is 10.9 Å². The summed E-state index contributed by atoms with van der Waals surface area (Å²) < 4.78 is 0. The molecule has 5 heteroatoms. The second kappa shape index (κ2) is 5.29. The highest BCUT2D eigenvalue weighted by atomic mass is 32.1. The van der Waals surface area contributed by atoms with E-state index in [0.717, 1.165) is 15.9 Å². The fourth-order valence-corrected chi connectivity index (χ4v) is 2.94. The maximum absolute atomic E-state index is 12.4. The van der Waals surface area contributed by atoms with Crippen LogP contribution in [0.25, 0.3) is 10.2 Å². The van der Waals surface area contributed by atoms with Crippen LogP contribution in [-0.4, -0.2) is 28.9 Å². The Morgan fingerprint density at radius 3 is 2.95 bits per heavy atom. The molecule has 0 radical (unpaired) electrons. The van der Waals surface area contributed by atoms with Gasteiger partial charge in [-0.25, -0.2) is 4.98 Å². The first-order chi connectivity index (χ1) is 9.08. The van der Waals surface area contributed by atoms with Crippen molar-refractivity contribution in [2.24, 2.45) is 0 Å². The summed E-state index contributed by atoms with van der Waals surface area (Å²) in [4.78, 5) is 19.7. The van der Waals surface area contributed by atoms with Crippen LogP contribution in [-0.2, 0) is 0 Å². The summed E-state index contributed by atoms with van der Waals surface area (Å²) in [6.07, 6.45) is 5.27. The molecular weight excluding hydrogens is 258 g/mol. The Balaban J connectivity index is 2.48. The van der Waals surface area contributed by atoms with Gasteiger partial charge in [-0.2, -0.15) is 0 Å². The molecule has 0 aliphatic rings. The Morgan fingerprint density at radius 1 is 1.58 bits per heavy atom. The summed E-state index contributed by atoms with van der Waals surface area (Å²) in [5, 5.41) is 0.829. The third kappa shape index (κ3) is 2.40. The Bertz CT molecular complexity index is 669. The molecule has 0 aromatic carbocycles. The van der Waals surface area contributed by atoms with Gasteiger partial charge >= 0.3 is 0 Å². The first kappa shape index (κ1) is 13.4. The first-order valence-corrected chi connectivity index (χ1v) is 6.78. The van der Waals surface area contributed by atoms with E-state index in [1.54, 1.807) is 4.90 Å². The lowest BCUT2D eigenvalue weighted by Gasteiger charge is -2.17. The SMILES string of the molecule is C#CCN(CC)C(=O)c1sc2nc(C)ccc2c1N. The van der Waals surface area contributed by atoms with Gasteiger partial charge in [-0.05, 0) is 26.0 Å². The van der Waals surface area contributed by atoms with Gasteiger partial charge in [-0.3, -0.25) is 4.79 Å². The van der Waals surface area contributed by atoms with E-state index in [1.807, 2.05) is 26.0 Å². The van der Waals surface area contributed by atoms with Crippen molar-refractivity contribution in [3.63, 3.8) is 0 Å². The van der Waals surface area contributed by atoms with Gasteiger partial charge in [-0.1, -0.05) is 5.92 Å². The average molecular weight is 273 g/mol. The Morgan fingerprint density at radius 2 is 2.32 bits per heavy atom. The number of fused-ring (bicyclic) bond motifs is 1. The molecule has 2 aromatic heterocycles. The molecule has 0 spiro atoms. The van der Waals surface area contributed by atoms with Crippen LogP contribution < -0.4 is 5.73 Å². The Hall–Kier alpha value is -2.06. The smallest absolute Gasteiger partial charge is 0.266 e. The van der Waals surface area contributed by atoms with Crippen molar-refractivity contribution in [2.45, 2.75) is 13.8 Å². The zero-order chi connectivity index (χ0) is 14.0. The molecule has 0 atom stereocenters. The summed E-state index contributed by atoms with van der Waals surface area (Å²) in [5.74, 6) is 2.36. The number of carbonyl (C=O) groups excluding carboxylic acids is 1. The number of nitrogens with zero attached hydrogens (tertiary/aromatic N) is 2. The van der Waals surface area contributed by atoms with Gasteiger partial charge in [-0.15, -0.1) is 17.8 Å². The number of aryl methyl sites for hydroxylation is 1. The average Bonchev–Trinajstić information content (AvgIpc) is 2.72. The number of aromatic nitrogens is 1. The number of nitrogen functional groups attached to an aromatic ring is 1. The highest BCUT2D eigenvalue weighted by Gasteiger charge is 2.21. The summed E-state index contributed by atoms with van der Waals surface area (Å²) in [7, 11) is 0. The monoisotopic (exact) mass is 273 g/mol. The highest BCUT2D eigenvalue weighted by Crippen LogP contribution is 2.33. The van der Waals surface area contributed by atoms with E-state index < -0.39 is 0 Å². The van der Waals surface area contributed by atoms with Crippen LogP contribution in [0.3, 0.4) is 0 Å². The molecule has 4 nitrogen and oxygen atoms in total. The van der Waals surface area contributed by atoms with E-state index in [0.29, 0.717) is 17.1 Å². The Labute approximate surface area is 116 Å². The van der Waals surface area contributed by atoms with Crippen LogP contribution in [0, 0.1) is 19.3 Å². The molecule has 2 aromatic rings. The molecule has 0 aliphatic carbocycles. The second-order valence-electron chi connectivity index (χ2n) is 4.17. The predicted molar refractivity (Wildman–Crippen MR) is 79.2 cm³/mol. The van der Waals surface area contributed by atoms with Crippen LogP contribution in [0.5, 0.6) is 0 Å². The lowest BCUT2D eigenvalue weighted by atomic mass is 10.2. The molecule has 2 heterocycles. The third-order valence-corrected chi connectivity index (χ3v) is 3.98. The van der Waals surface area contributed by atoms with Gasteiger partial charge < -0.3 is 10.6 Å². The molecule has 1 amide bonds. The number of hydrogen-bond acceptors (Lipinski definition) is 4. The molecule has 0 saturated heterocycles. The van der Waals surface area contributed by atoms with E-state index >= 15 is 0 Å². The lowest BCUT2D eigenvalue weighted by molar-refractivity contribution is 0.0790. The van der Waals surface area contributed by atoms with Crippen LogP contribution in [0.4, 0.5) is 5.69 Å². The topological polar surface area (TPSA) is 59.2 Å². The second-order valence-corrected chi connectivity index (χ2v) is 5.17. The summed E-state index contributed by atoms with van der Waals surface area (Å²) in [6, 6.07) is 3.79. The molecule has 0 unspecified atom stereocenters. The van der Waals surface area contributed by atoms with Gasteiger partial charge in [0.2, 0.25) is 0 Å². The molecule has 2 N–H and O–H groups in total. The van der Waals surface area contributed by atoms with Crippen LogP contribution in [0.1, 0.15) is 22.3 Å². The van der Waals surface area contributed by atoms with Crippen molar-refractivity contribution >= 4 is 33.1 Å². The zero-order valence-corrected chi connectivity index (χ0v) is 11.8. The van der Waals surface area contributed by atoms with E-state index in [-0.39, 0.29) is 12.5 Å². The number of rotatable bonds is 3. The minimum Gasteiger partial charge on any atom is -0.397 e. The lowest BCUT2D eigenvalue weighted by Crippen LogP contribution is -2.30. The maximum atomic E-state index is 12.4. The van der Waals surface area contributed by atoms with E-state index in [9.17, 15) is 4.79 Å². The number of terminal acetylenes is 1. The minimum atomic E-state index is -0.126. The summed E-state index contributed by atoms with van der Waals surface area (Å²) >= 11 is 1.32. The van der Waals surface area contributed by atoms with Gasteiger partial charge in [0.1, 0.15) is 9.71 Å². The minimum absolute atomic E-state index is 0.126. The number of pyridine rings is 1. The summed E-state index contributed by atoms with van der Waals surface area (Å²) in [6.45, 7) is 4.65. The standard InChI is InChI=1S/C14H15N3OS/c1-4-8-17(5-2)14(18)12-11(15)10-7-6-9(3)16-13(10)19-12/h1,6-7H,5,8,15H2,2-3H3. The fraction of sp³-hybridized carbons (Fsp3) is 0.286. The van der Waals surface area contributed by atoms with Gasteiger partial charge in [0.05, 0.1) is 12.2 Å². The summed E-state index contributed by atoms with van der Waals surface area (Å²) in [5.41, 5.74) is 7.45. The molecule has 2 rings (SSSR count). The molecule has 0 bridgehead atoms. The fourth-order valence-electron chi connectivity index (χ4n) is 1.83. The molecule has 0 saturated carbocycles. The van der Waals surface area contributed by atoms with Gasteiger partial charge in [0, 0.05) is 17.6 Å². The Kier molecular flexibility index (Phi) is 3.72. The van der Waals surface area contributed by atoms with Gasteiger partial charge in [0.15, 0.2) is 0 Å². The van der Waals surface area contributed by atoms with Crippen molar-refractivity contribution in [2.75, 3.05) is 18.8 Å². The molecule has 0 fully saturated rings. The maximum Gasteiger partial charge on any atom is 0.266 e. The van der Waals surface area contributed by atoms with Gasteiger partial charge in [0.25, 0.3) is 5.91 Å². The number of anilines is 1. The number of amides is 1. The molecule has 98 valence electrons. The van der Waals surface area contributed by atoms with Crippen LogP contribution >= 0.6 is 11.3 Å². The molecule has 19 heavy (non-hydrogen) atoms. The van der Waals surface area contributed by atoms with Crippen LogP contribution in [0.2, 0.25) is 0 Å². The number of nitrogens with two attached hydrogens (primary N) is 1. The predicted octanol–water partition coefficient (Wildman–Crippen LogP) is 2.28. The highest BCUT2D eigenvalue weighted by molar-refractivity contribution is 7.21. The molecule has 0 aliphatic heterocycles. The number of thiophene rings is 1. The molecular formula is C14H15N3OS. The van der Waals surface area contributed by atoms with Crippen molar-refractivity contribution < 1.29 is 4.79 Å². The first-order valence-electron chi connectivity index (χ1n) is 5.96. The zero-order valence-electron chi connectivity index (χ0n) is 10.9. The largest absolute Gasteiger partial charge is 0.397 e. The number of carbonyl (C=O) groups is 1. The van der Waals surface area contributed by atoms with Crippen molar-refractivity contribution in [1.29, 1.82) is 0 Å². The van der Waals surface area contributed by atoms with E-state index in [4.69, 9.17) is 12.2 Å². The normalized spacial score (nSPS) is 10.4. The number of hydrogen-bond donors (Lipinski definition) is 1.